The molecule has 80 valence electrons. The van der Waals surface area contributed by atoms with E-state index in [1.165, 1.54) is 6.08 Å². The largest absolute Gasteiger partial charge is 0.390 e. The maximum atomic E-state index is 5.92. The first-order valence-corrected chi connectivity index (χ1v) is 5.42. The first kappa shape index (κ1) is 12.6. The first-order valence-electron chi connectivity index (χ1n) is 3.88. The van der Waals surface area contributed by atoms with Gasteiger partial charge in [0.15, 0.2) is 0 Å². The van der Waals surface area contributed by atoms with Crippen molar-refractivity contribution in [3.63, 3.8) is 0 Å². The second-order valence-electron chi connectivity index (χ2n) is 2.62. The van der Waals surface area contributed by atoms with Crippen molar-refractivity contribution in [2.24, 2.45) is 5.73 Å². The minimum atomic E-state index is 0.267. The molecule has 0 saturated carbocycles. The Morgan fingerprint density at radius 3 is 2.27 bits per heavy atom. The van der Waals surface area contributed by atoms with Crippen molar-refractivity contribution in [2.45, 2.75) is 0 Å². The number of nitrogens with two attached hydrogens (primary N) is 1. The Balaban J connectivity index is 2.90. The van der Waals surface area contributed by atoms with Gasteiger partial charge >= 0.3 is 0 Å². The molecule has 1 rings (SSSR count). The topological polar surface area (TPSA) is 38.0 Å². The van der Waals surface area contributed by atoms with E-state index in [0.717, 1.165) is 0 Å². The van der Waals surface area contributed by atoms with Crippen molar-refractivity contribution in [3.8, 4) is 0 Å². The Morgan fingerprint density at radius 2 is 1.80 bits per heavy atom. The molecule has 0 aliphatic rings. The zero-order chi connectivity index (χ0) is 11.4. The van der Waals surface area contributed by atoms with Gasteiger partial charge in [-0.1, -0.05) is 47.0 Å². The van der Waals surface area contributed by atoms with Crippen molar-refractivity contribution >= 4 is 57.7 Å². The summed E-state index contributed by atoms with van der Waals surface area (Å²) < 4.78 is 0. The van der Waals surface area contributed by atoms with Crippen LogP contribution in [0.5, 0.6) is 0 Å². The van der Waals surface area contributed by atoms with Gasteiger partial charge in [0.05, 0.1) is 20.7 Å². The van der Waals surface area contributed by atoms with Crippen LogP contribution in [0.25, 0.3) is 0 Å². The average Bonchev–Trinajstić information content (AvgIpc) is 2.08. The van der Waals surface area contributed by atoms with Gasteiger partial charge in [-0.3, -0.25) is 0 Å². The molecule has 1 aromatic rings. The summed E-state index contributed by atoms with van der Waals surface area (Å²) in [6, 6.07) is 3.18. The molecule has 0 aromatic heterocycles. The van der Waals surface area contributed by atoms with Gasteiger partial charge in [0.25, 0.3) is 0 Å². The maximum absolute atomic E-state index is 5.92. The third-order valence-electron chi connectivity index (χ3n) is 1.48. The zero-order valence-corrected chi connectivity index (χ0v) is 10.5. The lowest BCUT2D eigenvalue weighted by atomic mass is 10.3. The molecule has 3 N–H and O–H groups in total. The molecule has 0 radical (unpaired) electrons. The number of nitrogens with one attached hydrogen (secondary N) is 1. The number of hydrogen-bond acceptors (Lipinski definition) is 2. The maximum Gasteiger partial charge on any atom is 0.0976 e. The van der Waals surface area contributed by atoms with Crippen molar-refractivity contribution in [3.05, 3.63) is 39.5 Å². The first-order chi connectivity index (χ1) is 7.00. The molecule has 0 unspecified atom stereocenters. The second kappa shape index (κ2) is 5.56. The molecule has 0 heterocycles. The molecule has 0 aliphatic heterocycles. The molecule has 0 aliphatic carbocycles. The summed E-state index contributed by atoms with van der Waals surface area (Å²) in [6.45, 7) is 0. The van der Waals surface area contributed by atoms with E-state index in [4.69, 9.17) is 40.5 Å². The highest BCUT2D eigenvalue weighted by atomic mass is 35.5. The minimum Gasteiger partial charge on any atom is -0.390 e. The zero-order valence-electron chi connectivity index (χ0n) is 7.43. The van der Waals surface area contributed by atoms with E-state index in [1.807, 2.05) is 0 Å². The lowest BCUT2D eigenvalue weighted by Gasteiger charge is -2.06. The van der Waals surface area contributed by atoms with Crippen LogP contribution in [0, 0.1) is 0 Å². The second-order valence-corrected chi connectivity index (χ2v) is 4.35. The molecule has 0 bridgehead atoms. The van der Waals surface area contributed by atoms with E-state index in [0.29, 0.717) is 20.8 Å². The molecule has 0 fully saturated rings. The average molecular weight is 282 g/mol. The van der Waals surface area contributed by atoms with Crippen LogP contribution in [0.3, 0.4) is 0 Å². The molecule has 15 heavy (non-hydrogen) atoms. The highest BCUT2D eigenvalue weighted by Gasteiger charge is 2.05. The van der Waals surface area contributed by atoms with Crippen molar-refractivity contribution < 1.29 is 0 Å². The number of hydrogen-bond donors (Lipinski definition) is 2. The number of anilines is 1. The summed E-state index contributed by atoms with van der Waals surface area (Å²) in [5, 5.41) is 4.21. The summed E-state index contributed by atoms with van der Waals surface area (Å²) in [6.07, 6.45) is 3.08. The Labute approximate surface area is 108 Å². The van der Waals surface area contributed by atoms with Gasteiger partial charge < -0.3 is 11.1 Å². The third-order valence-corrected chi connectivity index (χ3v) is 2.43. The number of halogens is 3. The number of thiocarbonyl (C=S) groups is 1. The quantitative estimate of drug-likeness (QED) is 0.653. The van der Waals surface area contributed by atoms with Crippen LogP contribution >= 0.6 is 47.0 Å². The highest BCUT2D eigenvalue weighted by molar-refractivity contribution is 7.80. The summed E-state index contributed by atoms with van der Waals surface area (Å²) in [5.41, 5.74) is 5.84. The standard InChI is InChI=1S/C9H7Cl3N2S/c10-5-3-6(11)9(7(12)4-5)14-2-1-8(13)15/h1-4,14H,(H2,13,15)/b2-1-. The fourth-order valence-corrected chi connectivity index (χ4v) is 1.88. The van der Waals surface area contributed by atoms with Gasteiger partial charge in [-0.2, -0.15) is 0 Å². The SMILES string of the molecule is NC(=S)/C=C\Nc1c(Cl)cc(Cl)cc1Cl. The molecule has 6 heteroatoms. The van der Waals surface area contributed by atoms with E-state index in [-0.39, 0.29) is 4.99 Å². The van der Waals surface area contributed by atoms with Gasteiger partial charge in [0.1, 0.15) is 0 Å². The molecular weight excluding hydrogens is 275 g/mol. The summed E-state index contributed by atoms with van der Waals surface area (Å²) in [7, 11) is 0. The van der Waals surface area contributed by atoms with Gasteiger partial charge in [-0.25, -0.2) is 0 Å². The third kappa shape index (κ3) is 3.87. The van der Waals surface area contributed by atoms with Crippen LogP contribution in [0.1, 0.15) is 0 Å². The normalized spacial score (nSPS) is 10.6. The Kier molecular flexibility index (Phi) is 4.67. The smallest absolute Gasteiger partial charge is 0.0976 e. The van der Waals surface area contributed by atoms with Crippen LogP contribution in [0.2, 0.25) is 15.1 Å². The lowest BCUT2D eigenvalue weighted by molar-refractivity contribution is 1.58. The molecule has 0 amide bonds. The summed E-state index contributed by atoms with van der Waals surface area (Å²) >= 11 is 22.3. The van der Waals surface area contributed by atoms with Gasteiger partial charge in [0.2, 0.25) is 0 Å². The molecule has 0 saturated heterocycles. The van der Waals surface area contributed by atoms with E-state index < -0.39 is 0 Å². The Bertz CT molecular complexity index is 395. The van der Waals surface area contributed by atoms with Crippen molar-refractivity contribution in [1.29, 1.82) is 0 Å². The van der Waals surface area contributed by atoms with Crippen LogP contribution in [-0.4, -0.2) is 4.99 Å². The van der Waals surface area contributed by atoms with Crippen LogP contribution < -0.4 is 11.1 Å². The van der Waals surface area contributed by atoms with Gasteiger partial charge in [-0.15, -0.1) is 0 Å². The van der Waals surface area contributed by atoms with E-state index >= 15 is 0 Å². The molecular formula is C9H7Cl3N2S. The molecule has 1 aromatic carbocycles. The Hall–Kier alpha value is -0.480. The number of benzene rings is 1. The molecule has 2 nitrogen and oxygen atoms in total. The monoisotopic (exact) mass is 280 g/mol. The van der Waals surface area contributed by atoms with Gasteiger partial charge in [-0.05, 0) is 18.2 Å². The Morgan fingerprint density at radius 1 is 1.27 bits per heavy atom. The summed E-state index contributed by atoms with van der Waals surface area (Å²) in [4.78, 5) is 0.267. The number of rotatable bonds is 3. The van der Waals surface area contributed by atoms with Crippen molar-refractivity contribution in [1.82, 2.24) is 0 Å². The van der Waals surface area contributed by atoms with Crippen LogP contribution in [-0.2, 0) is 0 Å². The predicted octanol–water partition coefficient (Wildman–Crippen LogP) is 3.86. The van der Waals surface area contributed by atoms with E-state index in [1.54, 1.807) is 18.3 Å². The fourth-order valence-electron chi connectivity index (χ4n) is 0.887. The van der Waals surface area contributed by atoms with E-state index in [9.17, 15) is 0 Å². The van der Waals surface area contributed by atoms with Crippen molar-refractivity contribution in [2.75, 3.05) is 5.32 Å². The molecule has 0 spiro atoms. The molecule has 0 atom stereocenters. The van der Waals surface area contributed by atoms with Crippen LogP contribution in [0.15, 0.2) is 24.4 Å². The predicted molar refractivity (Wildman–Crippen MR) is 71.0 cm³/mol. The fraction of sp³-hybridized carbons (Fsp3) is 0. The lowest BCUT2D eigenvalue weighted by Crippen LogP contribution is -2.03. The van der Waals surface area contributed by atoms with Gasteiger partial charge in [0, 0.05) is 11.2 Å². The minimum absolute atomic E-state index is 0.267. The highest BCUT2D eigenvalue weighted by Crippen LogP contribution is 2.33. The van der Waals surface area contributed by atoms with Crippen LogP contribution in [0.4, 0.5) is 5.69 Å². The van der Waals surface area contributed by atoms with E-state index in [2.05, 4.69) is 17.5 Å². The summed E-state index contributed by atoms with van der Waals surface area (Å²) in [5.74, 6) is 0.